The van der Waals surface area contributed by atoms with Gasteiger partial charge in [-0.15, -0.1) is 0 Å². The standard InChI is InChI=1S/C19H16N4O2S/c20-12-13-1-4-15(5-2-13)22-7-9-23(10-8-22)19-21-16-6-3-14(18(24)25)11-17(16)26-19/h1-6,11H,7-10H2,(H,24,25). The number of fused-ring (bicyclic) bond motifs is 1. The van der Waals surface area contributed by atoms with Crippen molar-refractivity contribution < 1.29 is 9.90 Å². The van der Waals surface area contributed by atoms with Crippen LogP contribution in [0.4, 0.5) is 10.8 Å². The number of carboxylic acids is 1. The van der Waals surface area contributed by atoms with Crippen molar-refractivity contribution >= 4 is 38.3 Å². The van der Waals surface area contributed by atoms with Gasteiger partial charge in [-0.1, -0.05) is 11.3 Å². The van der Waals surface area contributed by atoms with Crippen LogP contribution in [-0.2, 0) is 0 Å². The normalized spacial score (nSPS) is 14.4. The van der Waals surface area contributed by atoms with Crippen LogP contribution in [0.15, 0.2) is 42.5 Å². The van der Waals surface area contributed by atoms with E-state index in [1.807, 2.05) is 24.3 Å². The molecule has 0 radical (unpaired) electrons. The Morgan fingerprint density at radius 1 is 1.08 bits per heavy atom. The van der Waals surface area contributed by atoms with Crippen molar-refractivity contribution in [1.29, 1.82) is 5.26 Å². The predicted octanol–water partition coefficient (Wildman–Crippen LogP) is 3.19. The highest BCUT2D eigenvalue weighted by atomic mass is 32.1. The van der Waals surface area contributed by atoms with Gasteiger partial charge in [0.25, 0.3) is 0 Å². The van der Waals surface area contributed by atoms with E-state index in [2.05, 4.69) is 20.9 Å². The molecule has 0 amide bonds. The zero-order valence-electron chi connectivity index (χ0n) is 13.9. The lowest BCUT2D eigenvalue weighted by atomic mass is 10.2. The quantitative estimate of drug-likeness (QED) is 0.769. The number of hydrogen-bond donors (Lipinski definition) is 1. The van der Waals surface area contributed by atoms with Crippen LogP contribution < -0.4 is 9.80 Å². The average molecular weight is 364 g/mol. The minimum Gasteiger partial charge on any atom is -0.478 e. The molecule has 2 heterocycles. The molecule has 7 heteroatoms. The molecule has 1 aliphatic rings. The van der Waals surface area contributed by atoms with E-state index in [4.69, 9.17) is 10.4 Å². The van der Waals surface area contributed by atoms with Gasteiger partial charge in [0.05, 0.1) is 27.4 Å². The van der Waals surface area contributed by atoms with Crippen LogP contribution in [0.25, 0.3) is 10.2 Å². The summed E-state index contributed by atoms with van der Waals surface area (Å²) in [4.78, 5) is 20.3. The molecule has 0 bridgehead atoms. The average Bonchev–Trinajstić information content (AvgIpc) is 3.11. The Labute approximate surface area is 154 Å². The highest BCUT2D eigenvalue weighted by Crippen LogP contribution is 2.30. The zero-order valence-corrected chi connectivity index (χ0v) is 14.7. The van der Waals surface area contributed by atoms with E-state index in [1.165, 1.54) is 11.3 Å². The molecule has 3 aromatic rings. The Kier molecular flexibility index (Phi) is 4.19. The minimum absolute atomic E-state index is 0.290. The molecule has 0 saturated carbocycles. The number of aromatic nitrogens is 1. The van der Waals surface area contributed by atoms with Crippen LogP contribution in [0, 0.1) is 11.3 Å². The Morgan fingerprint density at radius 2 is 1.77 bits per heavy atom. The Bertz CT molecular complexity index is 999. The molecule has 2 aromatic carbocycles. The fourth-order valence-corrected chi connectivity index (χ4v) is 4.14. The minimum atomic E-state index is -0.919. The molecule has 130 valence electrons. The maximum Gasteiger partial charge on any atom is 0.335 e. The van der Waals surface area contributed by atoms with Gasteiger partial charge in [-0.05, 0) is 42.5 Å². The number of anilines is 2. The summed E-state index contributed by atoms with van der Waals surface area (Å²) in [5.74, 6) is -0.919. The SMILES string of the molecule is N#Cc1ccc(N2CCN(c3nc4ccc(C(=O)O)cc4s3)CC2)cc1. The van der Waals surface area contributed by atoms with Crippen LogP contribution in [0.3, 0.4) is 0 Å². The number of hydrogen-bond acceptors (Lipinski definition) is 6. The van der Waals surface area contributed by atoms with E-state index in [9.17, 15) is 4.79 Å². The number of nitrogens with zero attached hydrogens (tertiary/aromatic N) is 4. The molecule has 4 rings (SSSR count). The first kappa shape index (κ1) is 16.4. The highest BCUT2D eigenvalue weighted by molar-refractivity contribution is 7.22. The Morgan fingerprint density at radius 3 is 2.42 bits per heavy atom. The van der Waals surface area contributed by atoms with Gasteiger partial charge in [-0.25, -0.2) is 9.78 Å². The first-order chi connectivity index (χ1) is 12.6. The monoisotopic (exact) mass is 364 g/mol. The van der Waals surface area contributed by atoms with Gasteiger partial charge in [0.2, 0.25) is 0 Å². The molecule has 0 unspecified atom stereocenters. The molecule has 26 heavy (non-hydrogen) atoms. The van der Waals surface area contributed by atoms with Gasteiger partial charge in [0.1, 0.15) is 0 Å². The summed E-state index contributed by atoms with van der Waals surface area (Å²) in [6, 6.07) is 14.8. The van der Waals surface area contributed by atoms with Crippen molar-refractivity contribution in [2.24, 2.45) is 0 Å². The molecule has 1 N–H and O–H groups in total. The lowest BCUT2D eigenvalue weighted by molar-refractivity contribution is 0.0697. The molecular weight excluding hydrogens is 348 g/mol. The second kappa shape index (κ2) is 6.65. The summed E-state index contributed by atoms with van der Waals surface area (Å²) in [7, 11) is 0. The van der Waals surface area contributed by atoms with E-state index in [1.54, 1.807) is 18.2 Å². The number of piperazine rings is 1. The van der Waals surface area contributed by atoms with Gasteiger partial charge < -0.3 is 14.9 Å². The largest absolute Gasteiger partial charge is 0.478 e. The van der Waals surface area contributed by atoms with Crippen LogP contribution in [-0.4, -0.2) is 42.2 Å². The second-order valence-electron chi connectivity index (χ2n) is 6.12. The highest BCUT2D eigenvalue weighted by Gasteiger charge is 2.20. The third-order valence-corrected chi connectivity index (χ3v) is 5.61. The lowest BCUT2D eigenvalue weighted by Gasteiger charge is -2.36. The third kappa shape index (κ3) is 3.07. The van der Waals surface area contributed by atoms with Gasteiger partial charge >= 0.3 is 5.97 Å². The molecule has 0 atom stereocenters. The number of carbonyl (C=O) groups is 1. The number of nitriles is 1. The summed E-state index contributed by atoms with van der Waals surface area (Å²) in [5, 5.41) is 19.0. The second-order valence-corrected chi connectivity index (χ2v) is 7.13. The van der Waals surface area contributed by atoms with Crippen molar-refractivity contribution in [3.63, 3.8) is 0 Å². The van der Waals surface area contributed by atoms with Crippen molar-refractivity contribution in [3.05, 3.63) is 53.6 Å². The molecule has 1 saturated heterocycles. The molecule has 1 aromatic heterocycles. The summed E-state index contributed by atoms with van der Waals surface area (Å²) >= 11 is 1.53. The van der Waals surface area contributed by atoms with E-state index >= 15 is 0 Å². The molecule has 6 nitrogen and oxygen atoms in total. The van der Waals surface area contributed by atoms with Crippen molar-refractivity contribution in [1.82, 2.24) is 4.98 Å². The van der Waals surface area contributed by atoms with Crippen LogP contribution in [0.5, 0.6) is 0 Å². The van der Waals surface area contributed by atoms with Crippen molar-refractivity contribution in [3.8, 4) is 6.07 Å². The first-order valence-electron chi connectivity index (χ1n) is 8.28. The maximum absolute atomic E-state index is 11.1. The van der Waals surface area contributed by atoms with Crippen molar-refractivity contribution in [2.75, 3.05) is 36.0 Å². The maximum atomic E-state index is 11.1. The lowest BCUT2D eigenvalue weighted by Crippen LogP contribution is -2.46. The summed E-state index contributed by atoms with van der Waals surface area (Å²) in [6.45, 7) is 3.46. The Hall–Kier alpha value is -3.11. The smallest absolute Gasteiger partial charge is 0.335 e. The summed E-state index contributed by atoms with van der Waals surface area (Å²) < 4.78 is 0.898. The number of thiazole rings is 1. The molecule has 1 fully saturated rings. The number of aromatic carboxylic acids is 1. The van der Waals surface area contributed by atoms with Gasteiger partial charge in [-0.3, -0.25) is 0 Å². The van der Waals surface area contributed by atoms with Crippen molar-refractivity contribution in [2.45, 2.75) is 0 Å². The molecule has 0 spiro atoms. The predicted molar refractivity (Wildman–Crippen MR) is 102 cm³/mol. The van der Waals surface area contributed by atoms with Gasteiger partial charge in [0.15, 0.2) is 5.13 Å². The molecule has 1 aliphatic heterocycles. The van der Waals surface area contributed by atoms with Gasteiger partial charge in [-0.2, -0.15) is 5.26 Å². The number of benzene rings is 2. The van der Waals surface area contributed by atoms with Crippen LogP contribution in [0.1, 0.15) is 15.9 Å². The van der Waals surface area contributed by atoms with Crippen LogP contribution >= 0.6 is 11.3 Å². The first-order valence-corrected chi connectivity index (χ1v) is 9.09. The van der Waals surface area contributed by atoms with E-state index < -0.39 is 5.97 Å². The molecular formula is C19H16N4O2S. The fourth-order valence-electron chi connectivity index (χ4n) is 3.08. The van der Waals surface area contributed by atoms with E-state index in [0.717, 1.165) is 47.2 Å². The molecule has 0 aliphatic carbocycles. The van der Waals surface area contributed by atoms with Crippen LogP contribution in [0.2, 0.25) is 0 Å². The van der Waals surface area contributed by atoms with E-state index in [0.29, 0.717) is 11.1 Å². The topological polar surface area (TPSA) is 80.5 Å². The summed E-state index contributed by atoms with van der Waals surface area (Å²) in [5.41, 5.74) is 2.92. The third-order valence-electron chi connectivity index (χ3n) is 4.54. The zero-order chi connectivity index (χ0) is 18.1. The summed E-state index contributed by atoms with van der Waals surface area (Å²) in [6.07, 6.45) is 0. The van der Waals surface area contributed by atoms with Gasteiger partial charge in [0, 0.05) is 31.9 Å². The fraction of sp³-hybridized carbons (Fsp3) is 0.211. The van der Waals surface area contributed by atoms with E-state index in [-0.39, 0.29) is 0 Å². The number of rotatable bonds is 3. The Balaban J connectivity index is 1.48. The number of carboxylic acid groups (broad SMARTS) is 1.